The van der Waals surface area contributed by atoms with Crippen LogP contribution in [0.5, 0.6) is 11.5 Å². The summed E-state index contributed by atoms with van der Waals surface area (Å²) < 4.78 is 6.00. The van der Waals surface area contributed by atoms with E-state index in [1.165, 1.54) is 0 Å². The normalized spacial score (nSPS) is 10.0. The molecule has 0 unspecified atom stereocenters. The van der Waals surface area contributed by atoms with Gasteiger partial charge >= 0.3 is 0 Å². The van der Waals surface area contributed by atoms with Gasteiger partial charge in [-0.25, -0.2) is 0 Å². The highest BCUT2D eigenvalue weighted by Gasteiger charge is 1.99. The van der Waals surface area contributed by atoms with E-state index in [0.717, 1.165) is 12.2 Å². The summed E-state index contributed by atoms with van der Waals surface area (Å²) in [6, 6.07) is 5.03. The van der Waals surface area contributed by atoms with Crippen LogP contribution in [0.4, 0.5) is 0 Å². The molecule has 0 aliphatic heterocycles. The highest BCUT2D eigenvalue weighted by atomic mass is 79.9. The van der Waals surface area contributed by atoms with Crippen LogP contribution in [-0.4, -0.2) is 18.3 Å². The highest BCUT2D eigenvalue weighted by molar-refractivity contribution is 9.10. The van der Waals surface area contributed by atoms with E-state index in [4.69, 9.17) is 10.5 Å². The SMILES string of the molecule is NCCCOc1ccc(O)c(Br)c1. The first-order valence-electron chi connectivity index (χ1n) is 4.05. The quantitative estimate of drug-likeness (QED) is 0.797. The average Bonchev–Trinajstić information content (AvgIpc) is 2.12. The lowest BCUT2D eigenvalue weighted by molar-refractivity contribution is 0.312. The van der Waals surface area contributed by atoms with Gasteiger partial charge in [0.2, 0.25) is 0 Å². The van der Waals surface area contributed by atoms with Gasteiger partial charge in [0.1, 0.15) is 11.5 Å². The first-order chi connectivity index (χ1) is 6.24. The fourth-order valence-corrected chi connectivity index (χ4v) is 1.21. The van der Waals surface area contributed by atoms with Crippen LogP contribution in [0.1, 0.15) is 6.42 Å². The molecule has 0 aliphatic rings. The van der Waals surface area contributed by atoms with Crippen LogP contribution >= 0.6 is 15.9 Å². The summed E-state index contributed by atoms with van der Waals surface area (Å²) in [6.45, 7) is 1.23. The largest absolute Gasteiger partial charge is 0.507 e. The maximum absolute atomic E-state index is 9.19. The molecular weight excluding hydrogens is 234 g/mol. The molecular formula is C9H12BrNO2. The zero-order valence-electron chi connectivity index (χ0n) is 7.16. The highest BCUT2D eigenvalue weighted by Crippen LogP contribution is 2.27. The fraction of sp³-hybridized carbons (Fsp3) is 0.333. The molecule has 1 aromatic rings. The third kappa shape index (κ3) is 3.24. The van der Waals surface area contributed by atoms with Gasteiger partial charge in [-0.2, -0.15) is 0 Å². The zero-order chi connectivity index (χ0) is 9.68. The number of hydrogen-bond acceptors (Lipinski definition) is 3. The van der Waals surface area contributed by atoms with E-state index in [2.05, 4.69) is 15.9 Å². The van der Waals surface area contributed by atoms with Gasteiger partial charge in [-0.1, -0.05) is 0 Å². The van der Waals surface area contributed by atoms with Crippen molar-refractivity contribution in [3.63, 3.8) is 0 Å². The molecule has 1 rings (SSSR count). The number of ether oxygens (including phenoxy) is 1. The molecule has 0 radical (unpaired) electrons. The van der Waals surface area contributed by atoms with Crippen molar-refractivity contribution >= 4 is 15.9 Å². The molecule has 1 aromatic carbocycles. The van der Waals surface area contributed by atoms with Crippen LogP contribution in [0.2, 0.25) is 0 Å². The number of aromatic hydroxyl groups is 1. The average molecular weight is 246 g/mol. The van der Waals surface area contributed by atoms with E-state index in [9.17, 15) is 5.11 Å². The standard InChI is InChI=1S/C9H12BrNO2/c10-8-6-7(2-3-9(8)12)13-5-1-4-11/h2-3,6,12H,1,4-5,11H2. The van der Waals surface area contributed by atoms with Crippen LogP contribution in [0.15, 0.2) is 22.7 Å². The van der Waals surface area contributed by atoms with Crippen LogP contribution < -0.4 is 10.5 Å². The number of phenolic OH excluding ortho intramolecular Hbond substituents is 1. The van der Waals surface area contributed by atoms with E-state index in [1.807, 2.05) is 0 Å². The number of benzene rings is 1. The fourth-order valence-electron chi connectivity index (χ4n) is 0.851. The van der Waals surface area contributed by atoms with Crippen molar-refractivity contribution in [3.05, 3.63) is 22.7 Å². The number of nitrogens with two attached hydrogens (primary N) is 1. The lowest BCUT2D eigenvalue weighted by atomic mass is 10.3. The molecule has 0 amide bonds. The number of rotatable bonds is 4. The van der Waals surface area contributed by atoms with Gasteiger partial charge in [0, 0.05) is 0 Å². The summed E-state index contributed by atoms with van der Waals surface area (Å²) in [7, 11) is 0. The Bertz CT molecular complexity index is 278. The Kier molecular flexibility index (Phi) is 4.05. The van der Waals surface area contributed by atoms with Crippen LogP contribution in [0, 0.1) is 0 Å². The van der Waals surface area contributed by atoms with Crippen molar-refractivity contribution in [3.8, 4) is 11.5 Å². The maximum Gasteiger partial charge on any atom is 0.130 e. The molecule has 0 bridgehead atoms. The molecule has 3 N–H and O–H groups in total. The molecule has 0 heterocycles. The molecule has 0 aromatic heterocycles. The van der Waals surface area contributed by atoms with Crippen molar-refractivity contribution in [1.82, 2.24) is 0 Å². The second-order valence-electron chi connectivity index (χ2n) is 2.60. The molecule has 72 valence electrons. The molecule has 13 heavy (non-hydrogen) atoms. The molecule has 0 saturated heterocycles. The smallest absolute Gasteiger partial charge is 0.130 e. The number of phenols is 1. The Labute approximate surface area is 85.6 Å². The van der Waals surface area contributed by atoms with Gasteiger partial charge in [0.05, 0.1) is 11.1 Å². The lowest BCUT2D eigenvalue weighted by Gasteiger charge is -2.05. The Morgan fingerprint density at radius 3 is 2.85 bits per heavy atom. The molecule has 0 atom stereocenters. The Hall–Kier alpha value is -0.740. The van der Waals surface area contributed by atoms with Crippen molar-refractivity contribution in [2.75, 3.05) is 13.2 Å². The van der Waals surface area contributed by atoms with E-state index >= 15 is 0 Å². The van der Waals surface area contributed by atoms with Crippen LogP contribution in [0.3, 0.4) is 0 Å². The van der Waals surface area contributed by atoms with Gasteiger partial charge in [-0.15, -0.1) is 0 Å². The minimum Gasteiger partial charge on any atom is -0.507 e. The van der Waals surface area contributed by atoms with Crippen molar-refractivity contribution in [1.29, 1.82) is 0 Å². The van der Waals surface area contributed by atoms with Crippen molar-refractivity contribution < 1.29 is 9.84 Å². The molecule has 3 nitrogen and oxygen atoms in total. The third-order valence-electron chi connectivity index (χ3n) is 1.54. The second kappa shape index (κ2) is 5.09. The van der Waals surface area contributed by atoms with E-state index in [0.29, 0.717) is 17.6 Å². The van der Waals surface area contributed by atoms with Gasteiger partial charge in [0.25, 0.3) is 0 Å². The predicted octanol–water partition coefficient (Wildman–Crippen LogP) is 1.88. The Morgan fingerprint density at radius 2 is 2.23 bits per heavy atom. The lowest BCUT2D eigenvalue weighted by Crippen LogP contribution is -2.05. The predicted molar refractivity (Wildman–Crippen MR) is 55.0 cm³/mol. The summed E-state index contributed by atoms with van der Waals surface area (Å²) in [5, 5.41) is 9.19. The summed E-state index contributed by atoms with van der Waals surface area (Å²) in [5.41, 5.74) is 5.32. The van der Waals surface area contributed by atoms with Crippen LogP contribution in [0.25, 0.3) is 0 Å². The van der Waals surface area contributed by atoms with E-state index in [-0.39, 0.29) is 5.75 Å². The Morgan fingerprint density at radius 1 is 1.46 bits per heavy atom. The molecule has 0 spiro atoms. The summed E-state index contributed by atoms with van der Waals surface area (Å²) in [5.74, 6) is 0.948. The first kappa shape index (κ1) is 10.3. The summed E-state index contributed by atoms with van der Waals surface area (Å²) in [4.78, 5) is 0. The van der Waals surface area contributed by atoms with E-state index < -0.39 is 0 Å². The molecule has 0 aliphatic carbocycles. The monoisotopic (exact) mass is 245 g/mol. The van der Waals surface area contributed by atoms with Gasteiger partial charge < -0.3 is 15.6 Å². The third-order valence-corrected chi connectivity index (χ3v) is 2.17. The number of hydrogen-bond donors (Lipinski definition) is 2. The molecule has 4 heteroatoms. The van der Waals surface area contributed by atoms with Gasteiger partial charge in [-0.05, 0) is 47.1 Å². The summed E-state index contributed by atoms with van der Waals surface area (Å²) >= 11 is 3.20. The Balaban J connectivity index is 2.53. The molecule has 0 saturated carbocycles. The first-order valence-corrected chi connectivity index (χ1v) is 4.84. The topological polar surface area (TPSA) is 55.5 Å². The van der Waals surface area contributed by atoms with Gasteiger partial charge in [-0.3, -0.25) is 0 Å². The minimum absolute atomic E-state index is 0.214. The van der Waals surface area contributed by atoms with Crippen molar-refractivity contribution in [2.24, 2.45) is 5.73 Å². The van der Waals surface area contributed by atoms with E-state index in [1.54, 1.807) is 18.2 Å². The second-order valence-corrected chi connectivity index (χ2v) is 3.46. The zero-order valence-corrected chi connectivity index (χ0v) is 8.75. The van der Waals surface area contributed by atoms with Crippen molar-refractivity contribution in [2.45, 2.75) is 6.42 Å². The van der Waals surface area contributed by atoms with Gasteiger partial charge in [0.15, 0.2) is 0 Å². The van der Waals surface area contributed by atoms with Crippen LogP contribution in [-0.2, 0) is 0 Å². The summed E-state index contributed by atoms with van der Waals surface area (Å²) in [6.07, 6.45) is 0.832. The molecule has 0 fully saturated rings. The minimum atomic E-state index is 0.214. The number of halogens is 1. The maximum atomic E-state index is 9.19.